The molecule has 3 N–H and O–H groups in total. The average Bonchev–Trinajstić information content (AvgIpc) is 4.02. The number of hydrogen-bond acceptors (Lipinski definition) is 10. The molecule has 16 heteroatoms. The van der Waals surface area contributed by atoms with E-state index < -0.39 is 79.7 Å². The summed E-state index contributed by atoms with van der Waals surface area (Å²) in [6.07, 6.45) is 6.38. The number of alkyl carbamates (subject to hydrolysis) is 1. The number of hydrogen-bond donors (Lipinski definition) is 3. The highest BCUT2D eigenvalue weighted by molar-refractivity contribution is 7.91. The van der Waals surface area contributed by atoms with Crippen molar-refractivity contribution in [1.29, 1.82) is 0 Å². The zero-order valence-corrected chi connectivity index (χ0v) is 33.7. The molecule has 2 aliphatic carbocycles. The Morgan fingerprint density at radius 2 is 1.89 bits per heavy atom. The molecule has 1 aromatic rings. The minimum absolute atomic E-state index is 0.0394. The highest BCUT2D eigenvalue weighted by atomic mass is 32.2. The smallest absolute Gasteiger partial charge is 0.407 e. The maximum atomic E-state index is 14.5. The molecule has 3 fully saturated rings. The van der Waals surface area contributed by atoms with Crippen molar-refractivity contribution in [3.63, 3.8) is 0 Å². The van der Waals surface area contributed by atoms with E-state index in [1.165, 1.54) is 11.0 Å². The summed E-state index contributed by atoms with van der Waals surface area (Å²) >= 11 is 0. The second-order valence-electron chi connectivity index (χ2n) is 17.4. The summed E-state index contributed by atoms with van der Waals surface area (Å²) in [5.74, 6) is -3.05. The van der Waals surface area contributed by atoms with Crippen LogP contribution in [0.4, 0.5) is 4.79 Å². The number of fused-ring (bicyclic) bond motifs is 3. The average molecular weight is 798 g/mol. The molecule has 4 bridgehead atoms. The second-order valence-corrected chi connectivity index (χ2v) is 19.4. The van der Waals surface area contributed by atoms with Crippen molar-refractivity contribution in [3.05, 3.63) is 53.6 Å². The van der Waals surface area contributed by atoms with Gasteiger partial charge in [0.25, 0.3) is 5.91 Å². The van der Waals surface area contributed by atoms with Gasteiger partial charge in [0, 0.05) is 32.0 Å². The molecular formula is C40H55N5O10S. The number of benzene rings is 1. The maximum Gasteiger partial charge on any atom is 0.407 e. The molecule has 6 rings (SSSR count). The first-order valence-corrected chi connectivity index (χ1v) is 20.9. The van der Waals surface area contributed by atoms with Gasteiger partial charge in [-0.25, -0.2) is 13.2 Å². The number of sulfonamides is 1. The van der Waals surface area contributed by atoms with Gasteiger partial charge in [-0.3, -0.25) is 23.9 Å². The summed E-state index contributed by atoms with van der Waals surface area (Å²) in [5, 5.41) is 4.74. The van der Waals surface area contributed by atoms with Crippen LogP contribution >= 0.6 is 0 Å². The summed E-state index contributed by atoms with van der Waals surface area (Å²) in [6.45, 7) is 13.4. The quantitative estimate of drug-likeness (QED) is 0.330. The van der Waals surface area contributed by atoms with E-state index in [1.54, 1.807) is 25.7 Å². The molecule has 0 radical (unpaired) electrons. The van der Waals surface area contributed by atoms with Crippen molar-refractivity contribution in [2.75, 3.05) is 26.4 Å². The van der Waals surface area contributed by atoms with Gasteiger partial charge in [0.15, 0.2) is 0 Å². The van der Waals surface area contributed by atoms with E-state index in [-0.39, 0.29) is 45.1 Å². The van der Waals surface area contributed by atoms with Crippen LogP contribution in [0.3, 0.4) is 0 Å². The van der Waals surface area contributed by atoms with Crippen molar-refractivity contribution in [2.45, 2.75) is 121 Å². The molecule has 5 aliphatic rings. The van der Waals surface area contributed by atoms with E-state index in [1.807, 2.05) is 32.0 Å². The predicted molar refractivity (Wildman–Crippen MR) is 206 cm³/mol. The van der Waals surface area contributed by atoms with Crippen LogP contribution in [0.5, 0.6) is 0 Å². The fourth-order valence-corrected chi connectivity index (χ4v) is 8.76. The van der Waals surface area contributed by atoms with E-state index >= 15 is 0 Å². The van der Waals surface area contributed by atoms with Crippen molar-refractivity contribution in [1.82, 2.24) is 25.2 Å². The van der Waals surface area contributed by atoms with Crippen LogP contribution in [0.2, 0.25) is 0 Å². The Balaban J connectivity index is 1.27. The predicted octanol–water partition coefficient (Wildman–Crippen LogP) is 2.93. The molecule has 5 atom stereocenters. The van der Waals surface area contributed by atoms with Crippen LogP contribution in [0, 0.1) is 11.3 Å². The molecule has 306 valence electrons. The molecule has 1 aromatic carbocycles. The monoisotopic (exact) mass is 797 g/mol. The molecule has 15 nitrogen and oxygen atoms in total. The van der Waals surface area contributed by atoms with Crippen LogP contribution in [-0.4, -0.2) is 109 Å². The lowest BCUT2D eigenvalue weighted by Crippen LogP contribution is -2.59. The number of ether oxygens (including phenoxy) is 3. The van der Waals surface area contributed by atoms with Gasteiger partial charge < -0.3 is 34.6 Å². The van der Waals surface area contributed by atoms with Gasteiger partial charge in [-0.05, 0) is 75.0 Å². The van der Waals surface area contributed by atoms with Crippen LogP contribution in [0.1, 0.15) is 89.8 Å². The lowest BCUT2D eigenvalue weighted by molar-refractivity contribution is -0.143. The van der Waals surface area contributed by atoms with Crippen molar-refractivity contribution in [2.24, 2.45) is 11.3 Å². The van der Waals surface area contributed by atoms with E-state index in [4.69, 9.17) is 14.2 Å². The number of cyclic esters (lactones) is 1. The second kappa shape index (κ2) is 15.9. The third-order valence-corrected chi connectivity index (χ3v) is 12.9. The molecule has 3 aliphatic heterocycles. The largest absolute Gasteiger partial charge is 0.449 e. The maximum absolute atomic E-state index is 14.5. The summed E-state index contributed by atoms with van der Waals surface area (Å²) in [7, 11) is -3.92. The normalized spacial score (nSPS) is 29.1. The third-order valence-electron chi connectivity index (χ3n) is 11.1. The Hall–Kier alpha value is -4.28. The Morgan fingerprint density at radius 1 is 1.14 bits per heavy atom. The van der Waals surface area contributed by atoms with Gasteiger partial charge in [-0.1, -0.05) is 50.3 Å². The van der Waals surface area contributed by atoms with Gasteiger partial charge in [-0.15, -0.1) is 6.58 Å². The summed E-state index contributed by atoms with van der Waals surface area (Å²) in [4.78, 5) is 72.0. The van der Waals surface area contributed by atoms with Crippen molar-refractivity contribution < 1.29 is 46.6 Å². The Kier molecular flexibility index (Phi) is 11.8. The fourth-order valence-electron chi connectivity index (χ4n) is 7.40. The van der Waals surface area contributed by atoms with E-state index in [9.17, 15) is 32.4 Å². The molecule has 3 heterocycles. The van der Waals surface area contributed by atoms with Gasteiger partial charge >= 0.3 is 6.09 Å². The molecule has 56 heavy (non-hydrogen) atoms. The summed E-state index contributed by atoms with van der Waals surface area (Å²) < 4.78 is 45.3. The van der Waals surface area contributed by atoms with E-state index in [2.05, 4.69) is 34.1 Å². The topological polar surface area (TPSA) is 190 Å². The molecule has 2 saturated carbocycles. The van der Waals surface area contributed by atoms with Crippen LogP contribution < -0.4 is 15.4 Å². The Bertz CT molecular complexity index is 1890. The number of amides is 5. The molecule has 1 saturated heterocycles. The third kappa shape index (κ3) is 9.63. The minimum Gasteiger partial charge on any atom is -0.449 e. The number of nitrogens with zero attached hydrogens (tertiary/aromatic N) is 2. The lowest BCUT2D eigenvalue weighted by atomic mass is 9.88. The number of allylic oxidation sites excluding steroid dienone is 1. The number of nitrogens with one attached hydrogen (secondary N) is 3. The molecular weight excluding hydrogens is 743 g/mol. The molecule has 0 aromatic heterocycles. The first kappa shape index (κ1) is 41.4. The van der Waals surface area contributed by atoms with Gasteiger partial charge in [0.05, 0.1) is 30.2 Å². The molecule has 0 spiro atoms. The van der Waals surface area contributed by atoms with Gasteiger partial charge in [0.1, 0.15) is 24.2 Å². The van der Waals surface area contributed by atoms with Gasteiger partial charge in [-0.2, -0.15) is 0 Å². The van der Waals surface area contributed by atoms with Crippen LogP contribution in [-0.2, 0) is 56.5 Å². The molecule has 5 amide bonds. The highest BCUT2D eigenvalue weighted by Gasteiger charge is 2.62. The van der Waals surface area contributed by atoms with Crippen LogP contribution in [0.25, 0.3) is 6.08 Å². The standard InChI is InChI=1S/C40H55N5O10S/c1-7-27-18-40(27,36(49)43-56(51,52)29-14-15-29)42-34(47)32-17-28-20-45(32)35(48)31(22-55-38(2,3)4)41-37(50)54-24-39(5,6)16-9-8-11-25-12-10-13-26-19-44(21-30(25)26)33(46)23-53-28/h7-8,10-13,27-29,31-32H,1,9,14-24H2,2-6H3,(H,41,50)(H,42,47)(H,43,49)/b11-8+/t27-,28-,31+,32+,40-/m1/s1. The summed E-state index contributed by atoms with van der Waals surface area (Å²) in [6, 6.07) is 3.49. The summed E-state index contributed by atoms with van der Waals surface area (Å²) in [5.41, 5.74) is 0.431. The van der Waals surface area contributed by atoms with Crippen molar-refractivity contribution >= 4 is 45.8 Å². The van der Waals surface area contributed by atoms with Gasteiger partial charge in [0.2, 0.25) is 27.7 Å². The van der Waals surface area contributed by atoms with Crippen molar-refractivity contribution in [3.8, 4) is 0 Å². The first-order chi connectivity index (χ1) is 26.3. The zero-order valence-electron chi connectivity index (χ0n) is 32.9. The lowest BCUT2D eigenvalue weighted by Gasteiger charge is -2.31. The first-order valence-electron chi connectivity index (χ1n) is 19.4. The number of rotatable bonds is 8. The Morgan fingerprint density at radius 3 is 2.57 bits per heavy atom. The number of carbonyl (C=O) groups is 5. The minimum atomic E-state index is -3.92. The molecule has 0 unspecified atom stereocenters. The van der Waals surface area contributed by atoms with Crippen LogP contribution in [0.15, 0.2) is 36.9 Å². The fraction of sp³-hybridized carbons (Fsp3) is 0.625. The highest BCUT2D eigenvalue weighted by Crippen LogP contribution is 2.45. The SMILES string of the molecule is C=C[C@@H]1C[C@]1(NC(=O)[C@@H]1C[C@@H]2CN1C(=O)[C@H](COC(C)(C)C)NC(=O)OCC(C)(C)CC/C=C/c1cccc3c1CN(C3)C(=O)CO2)C(=O)NS(=O)(=O)C1CC1. The van der Waals surface area contributed by atoms with E-state index in [0.717, 1.165) is 16.7 Å². The Labute approximate surface area is 329 Å². The van der Waals surface area contributed by atoms with E-state index in [0.29, 0.717) is 38.8 Å². The zero-order chi connectivity index (χ0) is 40.6. The number of carbonyl (C=O) groups excluding carboxylic acids is 5.